The van der Waals surface area contributed by atoms with Gasteiger partial charge in [0.25, 0.3) is 0 Å². The second-order valence-corrected chi connectivity index (χ2v) is 9.15. The molecule has 200 valence electrons. The average Bonchev–Trinajstić information content (AvgIpc) is 2.95. The van der Waals surface area contributed by atoms with Crippen LogP contribution in [0.4, 0.5) is 17.5 Å². The van der Waals surface area contributed by atoms with Crippen LogP contribution in [0.5, 0.6) is 0 Å². The van der Waals surface area contributed by atoms with Gasteiger partial charge < -0.3 is 31.1 Å². The molecule has 2 aromatic heterocycles. The smallest absolute Gasteiger partial charge is 0.227 e. The predicted octanol–water partition coefficient (Wildman–Crippen LogP) is 1.29. The summed E-state index contributed by atoms with van der Waals surface area (Å²) in [5, 5.41) is 16.0. The average molecular weight is 519 g/mol. The van der Waals surface area contributed by atoms with E-state index in [9.17, 15) is 14.7 Å². The number of aliphatic hydroxyl groups excluding tert-OH is 1. The Balaban J connectivity index is 1.38. The number of hydrogen-bond acceptors (Lipinski definition) is 11. The summed E-state index contributed by atoms with van der Waals surface area (Å²) in [6.07, 6.45) is 5.92. The van der Waals surface area contributed by atoms with Gasteiger partial charge in [-0.05, 0) is 48.9 Å². The quantitative estimate of drug-likeness (QED) is 0.191. The fourth-order valence-electron chi connectivity index (χ4n) is 4.47. The van der Waals surface area contributed by atoms with Crippen LogP contribution in [0.2, 0.25) is 0 Å². The summed E-state index contributed by atoms with van der Waals surface area (Å²) in [5.41, 5.74) is 9.10. The molecule has 38 heavy (non-hydrogen) atoms. The summed E-state index contributed by atoms with van der Waals surface area (Å²) < 4.78 is 0. The zero-order chi connectivity index (χ0) is 26.7. The highest BCUT2D eigenvalue weighted by Gasteiger charge is 2.31. The van der Waals surface area contributed by atoms with Crippen LogP contribution in [-0.4, -0.2) is 93.8 Å². The number of benzene rings is 1. The second-order valence-electron chi connectivity index (χ2n) is 9.15. The summed E-state index contributed by atoms with van der Waals surface area (Å²) in [5.74, 6) is 1.27. The lowest BCUT2D eigenvalue weighted by molar-refractivity contribution is -0.122. The van der Waals surface area contributed by atoms with Gasteiger partial charge in [-0.25, -0.2) is 15.0 Å². The van der Waals surface area contributed by atoms with E-state index in [0.717, 1.165) is 47.6 Å². The van der Waals surface area contributed by atoms with Crippen LogP contribution in [0.25, 0.3) is 11.3 Å². The Kier molecular flexibility index (Phi) is 9.82. The van der Waals surface area contributed by atoms with E-state index in [4.69, 9.17) is 5.73 Å². The molecule has 1 aliphatic rings. The van der Waals surface area contributed by atoms with Crippen LogP contribution in [-0.2, 0) is 16.1 Å². The molecule has 1 aliphatic heterocycles. The highest BCUT2D eigenvalue weighted by molar-refractivity contribution is 5.64. The molecule has 0 saturated carbocycles. The van der Waals surface area contributed by atoms with Crippen molar-refractivity contribution in [2.75, 3.05) is 50.0 Å². The number of carbonyl (C=O) groups excluding carboxylic acids is 2. The largest absolute Gasteiger partial charge is 0.394 e. The van der Waals surface area contributed by atoms with Crippen molar-refractivity contribution < 1.29 is 14.7 Å². The molecule has 1 fully saturated rings. The molecule has 1 aromatic carbocycles. The van der Waals surface area contributed by atoms with Crippen molar-refractivity contribution in [3.8, 4) is 11.3 Å². The van der Waals surface area contributed by atoms with Crippen LogP contribution in [0.1, 0.15) is 12.0 Å². The van der Waals surface area contributed by atoms with Crippen LogP contribution in [0.15, 0.2) is 54.9 Å². The molecule has 1 saturated heterocycles. The first-order chi connectivity index (χ1) is 18.6. The molecule has 3 aromatic rings. The standard InChI is InChI=1S/C27H34N8O3/c28-8-2-9-29-26-6-5-21(14-31-26)25-7-10-30-27(33-25)32-22-4-1-3-20(13-22)15-34-11-12-35(23(16-34)17-36)24(18-37)19-38/h1,3-7,10,13-14,17-18,23-24,38H,2,8-9,11-12,15-16,19,28H2,(H,29,31)(H,30,32,33). The molecule has 2 atom stereocenters. The monoisotopic (exact) mass is 518 g/mol. The number of carbonyl (C=O) groups is 2. The number of nitrogens with two attached hydrogens (primary N) is 1. The van der Waals surface area contributed by atoms with Gasteiger partial charge in [-0.15, -0.1) is 0 Å². The number of pyridine rings is 1. The molecule has 0 aliphatic carbocycles. The van der Waals surface area contributed by atoms with E-state index >= 15 is 0 Å². The van der Waals surface area contributed by atoms with E-state index in [-0.39, 0.29) is 6.61 Å². The lowest BCUT2D eigenvalue weighted by Gasteiger charge is -2.41. The summed E-state index contributed by atoms with van der Waals surface area (Å²) in [7, 11) is 0. The van der Waals surface area contributed by atoms with E-state index in [0.29, 0.717) is 45.0 Å². The van der Waals surface area contributed by atoms with Gasteiger partial charge in [-0.1, -0.05) is 12.1 Å². The lowest BCUT2D eigenvalue weighted by Crippen LogP contribution is -2.58. The van der Waals surface area contributed by atoms with Gasteiger partial charge in [-0.2, -0.15) is 0 Å². The molecular formula is C27H34N8O3. The van der Waals surface area contributed by atoms with Crippen molar-refractivity contribution >= 4 is 30.0 Å². The fourth-order valence-corrected chi connectivity index (χ4v) is 4.47. The van der Waals surface area contributed by atoms with Crippen LogP contribution in [0.3, 0.4) is 0 Å². The SMILES string of the molecule is NCCCNc1ccc(-c2ccnc(Nc3cccc(CN4CCN(C(C=O)CO)C(C=O)C4)c3)n2)cn1. The zero-order valence-electron chi connectivity index (χ0n) is 21.2. The van der Waals surface area contributed by atoms with Crippen molar-refractivity contribution in [1.82, 2.24) is 24.8 Å². The number of hydrogen-bond donors (Lipinski definition) is 4. The Morgan fingerprint density at radius 1 is 1.16 bits per heavy atom. The van der Waals surface area contributed by atoms with Crippen molar-refractivity contribution in [3.05, 3.63) is 60.4 Å². The number of nitrogens with zero attached hydrogens (tertiary/aromatic N) is 5. The van der Waals surface area contributed by atoms with E-state index < -0.39 is 12.1 Å². The first kappa shape index (κ1) is 27.3. The van der Waals surface area contributed by atoms with Crippen LogP contribution in [0, 0.1) is 0 Å². The third-order valence-corrected chi connectivity index (χ3v) is 6.46. The molecule has 0 spiro atoms. The molecule has 0 amide bonds. The number of aliphatic hydroxyl groups is 1. The highest BCUT2D eigenvalue weighted by atomic mass is 16.3. The van der Waals surface area contributed by atoms with Gasteiger partial charge in [-0.3, -0.25) is 9.80 Å². The number of rotatable bonds is 13. The van der Waals surface area contributed by atoms with Crippen LogP contribution >= 0.6 is 0 Å². The topological polar surface area (TPSA) is 150 Å². The molecule has 3 heterocycles. The highest BCUT2D eigenvalue weighted by Crippen LogP contribution is 2.22. The minimum Gasteiger partial charge on any atom is -0.394 e. The number of aromatic nitrogens is 3. The Hall–Kier alpha value is -3.77. The third-order valence-electron chi connectivity index (χ3n) is 6.46. The summed E-state index contributed by atoms with van der Waals surface area (Å²) in [4.78, 5) is 40.3. The number of piperazine rings is 1. The van der Waals surface area contributed by atoms with Gasteiger partial charge >= 0.3 is 0 Å². The maximum Gasteiger partial charge on any atom is 0.227 e. The van der Waals surface area contributed by atoms with Crippen molar-refractivity contribution in [3.63, 3.8) is 0 Å². The Morgan fingerprint density at radius 3 is 2.79 bits per heavy atom. The second kappa shape index (κ2) is 13.7. The lowest BCUT2D eigenvalue weighted by atomic mass is 10.1. The third kappa shape index (κ3) is 7.17. The molecule has 5 N–H and O–H groups in total. The fraction of sp³-hybridized carbons (Fsp3) is 0.370. The van der Waals surface area contributed by atoms with Gasteiger partial charge in [0, 0.05) is 56.4 Å². The zero-order valence-corrected chi connectivity index (χ0v) is 21.2. The molecule has 11 heteroatoms. The molecule has 4 rings (SSSR count). The van der Waals surface area contributed by atoms with Gasteiger partial charge in [0.2, 0.25) is 5.95 Å². The van der Waals surface area contributed by atoms with E-state index in [1.54, 1.807) is 17.3 Å². The van der Waals surface area contributed by atoms with Crippen molar-refractivity contribution in [1.29, 1.82) is 0 Å². The predicted molar refractivity (Wildman–Crippen MR) is 146 cm³/mol. The van der Waals surface area contributed by atoms with Gasteiger partial charge in [0.05, 0.1) is 24.4 Å². The number of nitrogens with one attached hydrogen (secondary N) is 2. The molecular weight excluding hydrogens is 484 g/mol. The van der Waals surface area contributed by atoms with Gasteiger partial charge in [0.15, 0.2) is 0 Å². The Labute approximate surface area is 222 Å². The number of aldehydes is 2. The van der Waals surface area contributed by atoms with Gasteiger partial charge in [0.1, 0.15) is 18.4 Å². The first-order valence-electron chi connectivity index (χ1n) is 12.7. The maximum absolute atomic E-state index is 11.7. The minimum atomic E-state index is -0.651. The summed E-state index contributed by atoms with van der Waals surface area (Å²) in [6.45, 7) is 3.48. The van der Waals surface area contributed by atoms with Crippen molar-refractivity contribution in [2.24, 2.45) is 5.73 Å². The molecule has 0 radical (unpaired) electrons. The minimum absolute atomic E-state index is 0.293. The van der Waals surface area contributed by atoms with E-state index in [1.807, 2.05) is 42.5 Å². The van der Waals surface area contributed by atoms with Crippen molar-refractivity contribution in [2.45, 2.75) is 25.0 Å². The Morgan fingerprint density at radius 2 is 2.05 bits per heavy atom. The van der Waals surface area contributed by atoms with E-state index in [2.05, 4.69) is 30.5 Å². The molecule has 2 unspecified atom stereocenters. The maximum atomic E-state index is 11.7. The normalized spacial score (nSPS) is 17.1. The summed E-state index contributed by atoms with van der Waals surface area (Å²) in [6, 6.07) is 12.6. The molecule has 11 nitrogen and oxygen atoms in total. The van der Waals surface area contributed by atoms with E-state index in [1.165, 1.54) is 0 Å². The Bertz CT molecular complexity index is 1190. The molecule has 0 bridgehead atoms. The van der Waals surface area contributed by atoms with Crippen LogP contribution < -0.4 is 16.4 Å². The summed E-state index contributed by atoms with van der Waals surface area (Å²) >= 11 is 0. The number of anilines is 3. The first-order valence-corrected chi connectivity index (χ1v) is 12.7.